The Morgan fingerprint density at radius 3 is 2.40 bits per heavy atom. The second-order valence-corrected chi connectivity index (χ2v) is 4.50. The van der Waals surface area contributed by atoms with Crippen molar-refractivity contribution in [3.05, 3.63) is 53.6 Å². The van der Waals surface area contributed by atoms with Crippen LogP contribution in [0.5, 0.6) is 0 Å². The summed E-state index contributed by atoms with van der Waals surface area (Å²) in [4.78, 5) is 3.98. The quantitative estimate of drug-likeness (QED) is 0.845. The van der Waals surface area contributed by atoms with Crippen LogP contribution in [0.3, 0.4) is 0 Å². The maximum Gasteiger partial charge on any atom is 0.136 e. The molecule has 0 aliphatic heterocycles. The Bertz CT molecular complexity index is 576. The number of aromatic nitrogens is 1. The van der Waals surface area contributed by atoms with Crippen molar-refractivity contribution in [1.29, 1.82) is 0 Å². The molecule has 106 valence electrons. The van der Waals surface area contributed by atoms with E-state index in [9.17, 15) is 13.2 Å². The Morgan fingerprint density at radius 2 is 1.75 bits per heavy atom. The predicted molar refractivity (Wildman–Crippen MR) is 71.5 cm³/mol. The molecule has 0 atom stereocenters. The molecule has 20 heavy (non-hydrogen) atoms. The molecule has 1 N–H and O–H groups in total. The number of hydrogen-bond donors (Lipinski definition) is 1. The first kappa shape index (κ1) is 14.5. The second kappa shape index (κ2) is 6.52. The minimum absolute atomic E-state index is 0.253. The Kier molecular flexibility index (Phi) is 4.74. The first-order valence-corrected chi connectivity index (χ1v) is 6.41. The molecule has 1 aromatic carbocycles. The van der Waals surface area contributed by atoms with Gasteiger partial charge in [0.25, 0.3) is 0 Å². The zero-order valence-electron chi connectivity index (χ0n) is 11.1. The van der Waals surface area contributed by atoms with Gasteiger partial charge < -0.3 is 5.32 Å². The minimum atomic E-state index is -0.933. The van der Waals surface area contributed by atoms with Crippen LogP contribution in [0.4, 0.5) is 13.2 Å². The Morgan fingerprint density at radius 1 is 1.05 bits per heavy atom. The fourth-order valence-corrected chi connectivity index (χ4v) is 1.95. The van der Waals surface area contributed by atoms with Gasteiger partial charge in [-0.3, -0.25) is 4.98 Å². The van der Waals surface area contributed by atoms with E-state index in [-0.39, 0.29) is 5.56 Å². The van der Waals surface area contributed by atoms with E-state index in [0.717, 1.165) is 18.5 Å². The summed E-state index contributed by atoms with van der Waals surface area (Å²) in [7, 11) is 0. The van der Waals surface area contributed by atoms with Gasteiger partial charge in [-0.25, -0.2) is 13.2 Å². The molecule has 2 rings (SSSR count). The number of hydrogen-bond acceptors (Lipinski definition) is 2. The third-order valence-electron chi connectivity index (χ3n) is 2.85. The highest BCUT2D eigenvalue weighted by atomic mass is 19.1. The third kappa shape index (κ3) is 3.36. The summed E-state index contributed by atoms with van der Waals surface area (Å²) < 4.78 is 40.3. The summed E-state index contributed by atoms with van der Waals surface area (Å²) >= 11 is 0. The van der Waals surface area contributed by atoms with Crippen molar-refractivity contribution in [2.24, 2.45) is 0 Å². The molecular formula is C15H15F3N2. The van der Waals surface area contributed by atoms with Crippen molar-refractivity contribution in [3.8, 4) is 11.1 Å². The summed E-state index contributed by atoms with van der Waals surface area (Å²) in [6.07, 6.45) is 3.99. The van der Waals surface area contributed by atoms with Crippen LogP contribution in [0.25, 0.3) is 11.1 Å². The van der Waals surface area contributed by atoms with Crippen molar-refractivity contribution in [3.63, 3.8) is 0 Å². The van der Waals surface area contributed by atoms with Crippen LogP contribution in [-0.2, 0) is 6.54 Å². The molecule has 0 amide bonds. The van der Waals surface area contributed by atoms with Crippen molar-refractivity contribution in [1.82, 2.24) is 10.3 Å². The van der Waals surface area contributed by atoms with E-state index < -0.39 is 17.5 Å². The zero-order chi connectivity index (χ0) is 14.5. The largest absolute Gasteiger partial charge is 0.313 e. The van der Waals surface area contributed by atoms with Gasteiger partial charge in [0.2, 0.25) is 0 Å². The van der Waals surface area contributed by atoms with Crippen LogP contribution < -0.4 is 5.32 Å². The van der Waals surface area contributed by atoms with Gasteiger partial charge in [-0.05, 0) is 24.6 Å². The van der Waals surface area contributed by atoms with Gasteiger partial charge in [-0.1, -0.05) is 6.92 Å². The van der Waals surface area contributed by atoms with E-state index in [1.165, 1.54) is 6.20 Å². The number of nitrogens with one attached hydrogen (secondary N) is 1. The molecule has 1 heterocycles. The van der Waals surface area contributed by atoms with Gasteiger partial charge >= 0.3 is 0 Å². The van der Waals surface area contributed by atoms with Gasteiger partial charge in [-0.15, -0.1) is 0 Å². The highest BCUT2D eigenvalue weighted by Gasteiger charge is 2.14. The highest BCUT2D eigenvalue weighted by molar-refractivity contribution is 5.64. The second-order valence-electron chi connectivity index (χ2n) is 4.50. The van der Waals surface area contributed by atoms with Crippen LogP contribution in [0.2, 0.25) is 0 Å². The van der Waals surface area contributed by atoms with E-state index >= 15 is 0 Å². The molecule has 0 aliphatic rings. The Hall–Kier alpha value is -1.88. The number of benzene rings is 1. The summed E-state index contributed by atoms with van der Waals surface area (Å²) in [6.45, 7) is 3.47. The average Bonchev–Trinajstić information content (AvgIpc) is 2.38. The van der Waals surface area contributed by atoms with E-state index in [0.29, 0.717) is 24.2 Å². The van der Waals surface area contributed by atoms with Crippen molar-refractivity contribution in [2.45, 2.75) is 19.9 Å². The molecule has 0 unspecified atom stereocenters. The smallest absolute Gasteiger partial charge is 0.136 e. The molecule has 2 aromatic rings. The summed E-state index contributed by atoms with van der Waals surface area (Å²) in [5.74, 6) is -2.79. The van der Waals surface area contributed by atoms with E-state index in [1.807, 2.05) is 6.92 Å². The number of nitrogens with zero attached hydrogens (tertiary/aromatic N) is 1. The molecule has 1 aromatic heterocycles. The van der Waals surface area contributed by atoms with Gasteiger partial charge in [0, 0.05) is 36.6 Å². The molecule has 0 spiro atoms. The number of pyridine rings is 1. The highest BCUT2D eigenvalue weighted by Crippen LogP contribution is 2.26. The van der Waals surface area contributed by atoms with Crippen LogP contribution in [-0.4, -0.2) is 11.5 Å². The lowest BCUT2D eigenvalue weighted by Gasteiger charge is -2.08. The van der Waals surface area contributed by atoms with E-state index in [1.54, 1.807) is 12.3 Å². The number of rotatable bonds is 5. The lowest BCUT2D eigenvalue weighted by molar-refractivity contribution is 0.548. The van der Waals surface area contributed by atoms with Crippen LogP contribution >= 0.6 is 0 Å². The molecule has 2 nitrogen and oxygen atoms in total. The first-order chi connectivity index (χ1) is 9.61. The predicted octanol–water partition coefficient (Wildman–Crippen LogP) is 3.67. The van der Waals surface area contributed by atoms with Gasteiger partial charge in [-0.2, -0.15) is 0 Å². The standard InChI is InChI=1S/C15H15F3N2/c1-2-3-19-7-10-4-11(9-20-8-10)15-13(17)5-12(16)6-14(15)18/h4-6,8-9,19H,2-3,7H2,1H3. The molecule has 0 bridgehead atoms. The lowest BCUT2D eigenvalue weighted by Crippen LogP contribution is -2.13. The third-order valence-corrected chi connectivity index (χ3v) is 2.85. The lowest BCUT2D eigenvalue weighted by atomic mass is 10.0. The number of halogens is 3. The maximum absolute atomic E-state index is 13.7. The fraction of sp³-hybridized carbons (Fsp3) is 0.267. The molecule has 0 radical (unpaired) electrons. The molecule has 0 aliphatic carbocycles. The van der Waals surface area contributed by atoms with Crippen molar-refractivity contribution < 1.29 is 13.2 Å². The Labute approximate surface area is 115 Å². The van der Waals surface area contributed by atoms with Gasteiger partial charge in [0.15, 0.2) is 0 Å². The fourth-order valence-electron chi connectivity index (χ4n) is 1.95. The SMILES string of the molecule is CCCNCc1cncc(-c2c(F)cc(F)cc2F)c1. The first-order valence-electron chi connectivity index (χ1n) is 6.41. The summed E-state index contributed by atoms with van der Waals surface area (Å²) in [5.41, 5.74) is 0.867. The van der Waals surface area contributed by atoms with Crippen LogP contribution in [0.1, 0.15) is 18.9 Å². The Balaban J connectivity index is 2.31. The molecule has 0 fully saturated rings. The maximum atomic E-state index is 13.7. The molecule has 5 heteroatoms. The van der Waals surface area contributed by atoms with E-state index in [2.05, 4.69) is 10.3 Å². The summed E-state index contributed by atoms with van der Waals surface area (Å²) in [6, 6.07) is 2.98. The normalized spacial score (nSPS) is 10.8. The average molecular weight is 280 g/mol. The van der Waals surface area contributed by atoms with Crippen molar-refractivity contribution >= 4 is 0 Å². The van der Waals surface area contributed by atoms with Crippen LogP contribution in [0, 0.1) is 17.5 Å². The van der Waals surface area contributed by atoms with Crippen molar-refractivity contribution in [2.75, 3.05) is 6.54 Å². The topological polar surface area (TPSA) is 24.9 Å². The molecule has 0 saturated carbocycles. The van der Waals surface area contributed by atoms with Crippen LogP contribution in [0.15, 0.2) is 30.6 Å². The minimum Gasteiger partial charge on any atom is -0.313 e. The summed E-state index contributed by atoms with van der Waals surface area (Å²) in [5, 5.41) is 3.18. The molecule has 0 saturated heterocycles. The molecular weight excluding hydrogens is 265 g/mol. The van der Waals surface area contributed by atoms with Gasteiger partial charge in [0.1, 0.15) is 17.5 Å². The van der Waals surface area contributed by atoms with Gasteiger partial charge in [0.05, 0.1) is 5.56 Å². The monoisotopic (exact) mass is 280 g/mol. The van der Waals surface area contributed by atoms with E-state index in [4.69, 9.17) is 0 Å². The zero-order valence-corrected chi connectivity index (χ0v) is 11.1.